The third-order valence-electron chi connectivity index (χ3n) is 5.54. The van der Waals surface area contributed by atoms with Gasteiger partial charge in [0.2, 0.25) is 5.91 Å². The first-order valence-corrected chi connectivity index (χ1v) is 9.49. The van der Waals surface area contributed by atoms with Gasteiger partial charge in [0, 0.05) is 38.2 Å². The highest BCUT2D eigenvalue weighted by Crippen LogP contribution is 2.31. The van der Waals surface area contributed by atoms with E-state index in [1.165, 1.54) is 31.2 Å². The molecule has 0 radical (unpaired) electrons. The monoisotopic (exact) mass is 470 g/mol. The molecule has 3 rings (SSSR count). The van der Waals surface area contributed by atoms with Crippen molar-refractivity contribution in [2.45, 2.75) is 44.9 Å². The topological polar surface area (TPSA) is 65.5 Å². The normalized spacial score (nSPS) is 25.5. The zero-order chi connectivity index (χ0) is 17.6. The van der Waals surface area contributed by atoms with E-state index in [9.17, 15) is 4.79 Å². The zero-order valence-corrected chi connectivity index (χ0v) is 18.1. The molecule has 0 spiro atoms. The minimum absolute atomic E-state index is 0. The van der Waals surface area contributed by atoms with E-state index in [1.54, 1.807) is 7.05 Å². The fraction of sp³-hybridized carbons (Fsp3) is 0.600. The second-order valence-corrected chi connectivity index (χ2v) is 7.50. The maximum absolute atomic E-state index is 11.9. The van der Waals surface area contributed by atoms with Gasteiger partial charge in [-0.05, 0) is 36.3 Å². The number of halogens is 1. The van der Waals surface area contributed by atoms with Gasteiger partial charge in [0.1, 0.15) is 0 Å². The van der Waals surface area contributed by atoms with E-state index in [2.05, 4.69) is 33.9 Å². The summed E-state index contributed by atoms with van der Waals surface area (Å²) in [7, 11) is 1.81. The fourth-order valence-electron chi connectivity index (χ4n) is 3.90. The molecule has 1 aliphatic carbocycles. The molecule has 1 amide bonds. The fourth-order valence-corrected chi connectivity index (χ4v) is 3.90. The van der Waals surface area contributed by atoms with E-state index in [-0.39, 0.29) is 35.8 Å². The molecule has 144 valence electrons. The van der Waals surface area contributed by atoms with Gasteiger partial charge in [-0.2, -0.15) is 0 Å². The molecule has 1 aromatic carbocycles. The summed E-state index contributed by atoms with van der Waals surface area (Å²) in [4.78, 5) is 16.3. The van der Waals surface area contributed by atoms with Crippen LogP contribution in [0.15, 0.2) is 29.3 Å². The van der Waals surface area contributed by atoms with E-state index in [1.807, 2.05) is 18.2 Å². The molecule has 1 heterocycles. The number of amides is 1. The molecule has 0 saturated heterocycles. The molecule has 1 fully saturated rings. The largest absolute Gasteiger partial charge is 0.356 e. The van der Waals surface area contributed by atoms with Crippen LogP contribution in [0.4, 0.5) is 5.69 Å². The van der Waals surface area contributed by atoms with E-state index >= 15 is 0 Å². The van der Waals surface area contributed by atoms with Crippen LogP contribution >= 0.6 is 24.0 Å². The average Bonchev–Trinajstić information content (AvgIpc) is 2.63. The van der Waals surface area contributed by atoms with Gasteiger partial charge >= 0.3 is 0 Å². The van der Waals surface area contributed by atoms with Gasteiger partial charge < -0.3 is 16.0 Å². The van der Waals surface area contributed by atoms with Crippen molar-refractivity contribution >= 4 is 41.5 Å². The predicted molar refractivity (Wildman–Crippen MR) is 118 cm³/mol. The highest BCUT2D eigenvalue weighted by atomic mass is 127. The molecule has 1 atom stereocenters. The number of benzene rings is 1. The van der Waals surface area contributed by atoms with Crippen LogP contribution in [-0.4, -0.2) is 32.0 Å². The molecule has 2 aliphatic rings. The van der Waals surface area contributed by atoms with Gasteiger partial charge in [0.15, 0.2) is 5.96 Å². The van der Waals surface area contributed by atoms with Crippen LogP contribution in [0.25, 0.3) is 0 Å². The van der Waals surface area contributed by atoms with Gasteiger partial charge in [-0.3, -0.25) is 9.79 Å². The molecule has 1 aliphatic heterocycles. The van der Waals surface area contributed by atoms with Crippen molar-refractivity contribution in [3.63, 3.8) is 0 Å². The zero-order valence-electron chi connectivity index (χ0n) is 15.8. The number of anilines is 1. The lowest BCUT2D eigenvalue weighted by atomic mass is 9.83. The number of nitrogens with zero attached hydrogens (tertiary/aromatic N) is 1. The molecule has 3 N–H and O–H groups in total. The number of hydrogen-bond acceptors (Lipinski definition) is 2. The SMILES string of the molecule is CN=C(NCC1CCC(C)CC1)NCC1CC(=O)Nc2ccccc21.I. The number of guanidine groups is 1. The Morgan fingerprint density at radius 1 is 1.15 bits per heavy atom. The third kappa shape index (κ3) is 5.59. The van der Waals surface area contributed by atoms with E-state index in [4.69, 9.17) is 0 Å². The molecule has 1 saturated carbocycles. The van der Waals surface area contributed by atoms with Crippen molar-refractivity contribution in [2.24, 2.45) is 16.8 Å². The van der Waals surface area contributed by atoms with E-state index in [0.29, 0.717) is 13.0 Å². The van der Waals surface area contributed by atoms with E-state index < -0.39 is 0 Å². The van der Waals surface area contributed by atoms with E-state index in [0.717, 1.165) is 30.0 Å². The third-order valence-corrected chi connectivity index (χ3v) is 5.54. The first kappa shape index (κ1) is 21.0. The number of nitrogens with one attached hydrogen (secondary N) is 3. The lowest BCUT2D eigenvalue weighted by molar-refractivity contribution is -0.116. The summed E-state index contributed by atoms with van der Waals surface area (Å²) in [5.74, 6) is 2.73. The minimum Gasteiger partial charge on any atom is -0.356 e. The highest BCUT2D eigenvalue weighted by Gasteiger charge is 2.25. The van der Waals surface area contributed by atoms with Gasteiger partial charge in [0.05, 0.1) is 0 Å². The average molecular weight is 470 g/mol. The molecular formula is C20H31IN4O. The van der Waals surface area contributed by atoms with Gasteiger partial charge in [-0.15, -0.1) is 24.0 Å². The number of rotatable bonds is 4. The number of fused-ring (bicyclic) bond motifs is 1. The molecular weight excluding hydrogens is 439 g/mol. The van der Waals surface area contributed by atoms with Crippen molar-refractivity contribution in [3.8, 4) is 0 Å². The van der Waals surface area contributed by atoms with Crippen molar-refractivity contribution < 1.29 is 4.79 Å². The Morgan fingerprint density at radius 3 is 2.58 bits per heavy atom. The molecule has 6 heteroatoms. The molecule has 0 bridgehead atoms. The number of para-hydroxylation sites is 1. The summed E-state index contributed by atoms with van der Waals surface area (Å²) in [5, 5.41) is 9.83. The Balaban J connectivity index is 0.00000243. The first-order chi connectivity index (χ1) is 12.2. The molecule has 1 aromatic rings. The van der Waals surface area contributed by atoms with Crippen LogP contribution in [-0.2, 0) is 4.79 Å². The Labute approximate surface area is 173 Å². The highest BCUT2D eigenvalue weighted by molar-refractivity contribution is 14.0. The summed E-state index contributed by atoms with van der Waals surface area (Å²) >= 11 is 0. The minimum atomic E-state index is 0. The van der Waals surface area contributed by atoms with Crippen LogP contribution in [0.3, 0.4) is 0 Å². The number of hydrogen-bond donors (Lipinski definition) is 3. The van der Waals surface area contributed by atoms with Crippen LogP contribution in [0.2, 0.25) is 0 Å². The maximum Gasteiger partial charge on any atom is 0.225 e. The van der Waals surface area contributed by atoms with Crippen LogP contribution in [0, 0.1) is 11.8 Å². The van der Waals surface area contributed by atoms with Gasteiger partial charge in [-0.1, -0.05) is 38.0 Å². The number of carbonyl (C=O) groups excluding carboxylic acids is 1. The van der Waals surface area contributed by atoms with Crippen LogP contribution in [0.1, 0.15) is 50.5 Å². The Bertz CT molecular complexity index is 626. The first-order valence-electron chi connectivity index (χ1n) is 9.49. The second-order valence-electron chi connectivity index (χ2n) is 7.50. The summed E-state index contributed by atoms with van der Waals surface area (Å²) in [6.07, 6.45) is 5.81. The summed E-state index contributed by atoms with van der Waals surface area (Å²) in [6, 6.07) is 8.05. The summed E-state index contributed by atoms with van der Waals surface area (Å²) in [5.41, 5.74) is 2.14. The van der Waals surface area contributed by atoms with Gasteiger partial charge in [0.25, 0.3) is 0 Å². The van der Waals surface area contributed by atoms with Crippen molar-refractivity contribution in [2.75, 3.05) is 25.5 Å². The smallest absolute Gasteiger partial charge is 0.225 e. The number of carbonyl (C=O) groups is 1. The lowest BCUT2D eigenvalue weighted by Crippen LogP contribution is -2.42. The van der Waals surface area contributed by atoms with Crippen molar-refractivity contribution in [1.82, 2.24) is 10.6 Å². The predicted octanol–water partition coefficient (Wildman–Crippen LogP) is 3.72. The summed E-state index contributed by atoms with van der Waals surface area (Å²) in [6.45, 7) is 4.04. The lowest BCUT2D eigenvalue weighted by Gasteiger charge is -2.28. The molecule has 26 heavy (non-hydrogen) atoms. The van der Waals surface area contributed by atoms with Crippen molar-refractivity contribution in [1.29, 1.82) is 0 Å². The molecule has 5 nitrogen and oxygen atoms in total. The Kier molecular flexibility index (Phi) is 8.18. The Morgan fingerprint density at radius 2 is 1.85 bits per heavy atom. The summed E-state index contributed by atoms with van der Waals surface area (Å²) < 4.78 is 0. The van der Waals surface area contributed by atoms with Crippen molar-refractivity contribution in [3.05, 3.63) is 29.8 Å². The van der Waals surface area contributed by atoms with Crippen LogP contribution in [0.5, 0.6) is 0 Å². The molecule has 0 aromatic heterocycles. The quantitative estimate of drug-likeness (QED) is 0.357. The number of aliphatic imine (C=N–C) groups is 1. The molecule has 1 unspecified atom stereocenters. The standard InChI is InChI=1S/C20H30N4O.HI/c1-14-7-9-15(10-8-14)12-22-20(21-2)23-13-16-11-19(25)24-18-6-4-3-5-17(16)18;/h3-6,14-16H,7-13H2,1-2H3,(H,24,25)(H2,21,22,23);1H. The second kappa shape index (κ2) is 10.1. The van der Waals surface area contributed by atoms with Crippen LogP contribution < -0.4 is 16.0 Å². The maximum atomic E-state index is 11.9. The Hall–Kier alpha value is -1.31. The van der Waals surface area contributed by atoms with Gasteiger partial charge in [-0.25, -0.2) is 0 Å².